The van der Waals surface area contributed by atoms with Crippen LogP contribution in [0.25, 0.3) is 11.1 Å². The SMILES string of the molecule is COc1cc(C(=O)N(C)c2cnccc2-c2ccc(F)cc2OC)cc(C(F)(F)F)n1. The molecule has 3 rings (SSSR count). The fraction of sp³-hybridized carbons (Fsp3) is 0.190. The van der Waals surface area contributed by atoms with Crippen LogP contribution in [0.15, 0.2) is 48.8 Å². The van der Waals surface area contributed by atoms with Crippen LogP contribution in [-0.4, -0.2) is 37.1 Å². The Kier molecular flexibility index (Phi) is 6.09. The molecule has 0 N–H and O–H groups in total. The van der Waals surface area contributed by atoms with Crippen molar-refractivity contribution < 1.29 is 31.8 Å². The summed E-state index contributed by atoms with van der Waals surface area (Å²) in [6.07, 6.45) is -1.92. The maximum atomic E-state index is 13.6. The van der Waals surface area contributed by atoms with Crippen molar-refractivity contribution in [1.29, 1.82) is 0 Å². The quantitative estimate of drug-likeness (QED) is 0.549. The molecule has 0 radical (unpaired) electrons. The third kappa shape index (κ3) is 4.57. The number of hydrogen-bond acceptors (Lipinski definition) is 5. The number of aromatic nitrogens is 2. The Morgan fingerprint density at radius 1 is 1.03 bits per heavy atom. The molecule has 0 unspecified atom stereocenters. The number of methoxy groups -OCH3 is 2. The van der Waals surface area contributed by atoms with Gasteiger partial charge in [-0.25, -0.2) is 9.37 Å². The minimum absolute atomic E-state index is 0.221. The van der Waals surface area contributed by atoms with Crippen LogP contribution >= 0.6 is 0 Å². The summed E-state index contributed by atoms with van der Waals surface area (Å²) in [7, 11) is 3.91. The predicted octanol–water partition coefficient (Wildman–Crippen LogP) is 4.60. The maximum Gasteiger partial charge on any atom is 0.433 e. The molecule has 3 aromatic rings. The van der Waals surface area contributed by atoms with Crippen molar-refractivity contribution in [2.24, 2.45) is 0 Å². The van der Waals surface area contributed by atoms with Crippen LogP contribution in [0.4, 0.5) is 23.2 Å². The molecule has 0 aliphatic heterocycles. The lowest BCUT2D eigenvalue weighted by Crippen LogP contribution is -2.27. The number of nitrogens with zero attached hydrogens (tertiary/aromatic N) is 3. The molecule has 0 saturated carbocycles. The first kappa shape index (κ1) is 22.0. The van der Waals surface area contributed by atoms with E-state index in [1.807, 2.05) is 0 Å². The highest BCUT2D eigenvalue weighted by atomic mass is 19.4. The highest BCUT2D eigenvalue weighted by Gasteiger charge is 2.34. The Morgan fingerprint density at radius 3 is 2.42 bits per heavy atom. The monoisotopic (exact) mass is 435 g/mol. The number of halogens is 4. The zero-order chi connectivity index (χ0) is 22.8. The lowest BCUT2D eigenvalue weighted by molar-refractivity contribution is -0.141. The first-order chi connectivity index (χ1) is 14.7. The number of carbonyl (C=O) groups is 1. The van der Waals surface area contributed by atoms with Crippen molar-refractivity contribution in [1.82, 2.24) is 9.97 Å². The Labute approximate surface area is 175 Å². The van der Waals surface area contributed by atoms with E-state index in [2.05, 4.69) is 9.97 Å². The summed E-state index contributed by atoms with van der Waals surface area (Å²) in [4.78, 5) is 21.5. The number of alkyl halides is 3. The topological polar surface area (TPSA) is 64.5 Å². The molecule has 162 valence electrons. The van der Waals surface area contributed by atoms with Crippen molar-refractivity contribution in [3.05, 3.63) is 65.9 Å². The largest absolute Gasteiger partial charge is 0.496 e. The molecule has 0 aliphatic rings. The van der Waals surface area contributed by atoms with E-state index in [0.717, 1.165) is 18.1 Å². The van der Waals surface area contributed by atoms with Crippen LogP contribution in [0.3, 0.4) is 0 Å². The Balaban J connectivity index is 2.08. The van der Waals surface area contributed by atoms with Crippen LogP contribution in [-0.2, 0) is 6.18 Å². The van der Waals surface area contributed by atoms with Gasteiger partial charge in [0.25, 0.3) is 5.91 Å². The number of amides is 1. The smallest absolute Gasteiger partial charge is 0.433 e. The number of anilines is 1. The van der Waals surface area contributed by atoms with Crippen molar-refractivity contribution >= 4 is 11.6 Å². The number of rotatable bonds is 5. The van der Waals surface area contributed by atoms with Crippen LogP contribution in [0.1, 0.15) is 16.1 Å². The van der Waals surface area contributed by atoms with E-state index in [0.29, 0.717) is 17.2 Å². The molecule has 6 nitrogen and oxygen atoms in total. The van der Waals surface area contributed by atoms with E-state index in [1.165, 1.54) is 44.8 Å². The number of benzene rings is 1. The number of carbonyl (C=O) groups excluding carboxylic acids is 1. The first-order valence-electron chi connectivity index (χ1n) is 8.85. The molecule has 0 bridgehead atoms. The van der Waals surface area contributed by atoms with Crippen molar-refractivity contribution in [2.45, 2.75) is 6.18 Å². The zero-order valence-corrected chi connectivity index (χ0v) is 16.7. The Hall–Kier alpha value is -3.69. The summed E-state index contributed by atoms with van der Waals surface area (Å²) in [6, 6.07) is 7.24. The van der Waals surface area contributed by atoms with E-state index in [9.17, 15) is 22.4 Å². The second-order valence-electron chi connectivity index (χ2n) is 6.38. The molecule has 1 amide bonds. The Bertz CT molecular complexity index is 1120. The summed E-state index contributed by atoms with van der Waals surface area (Å²) in [5.41, 5.74) is -0.302. The van der Waals surface area contributed by atoms with Gasteiger partial charge in [0.05, 0.1) is 26.1 Å². The van der Waals surface area contributed by atoms with Crippen molar-refractivity contribution in [2.75, 3.05) is 26.2 Å². The maximum absolute atomic E-state index is 13.6. The van der Waals surface area contributed by atoms with E-state index in [4.69, 9.17) is 9.47 Å². The van der Waals surface area contributed by atoms with Gasteiger partial charge >= 0.3 is 6.18 Å². The average molecular weight is 435 g/mol. The molecule has 2 heterocycles. The highest BCUT2D eigenvalue weighted by Crippen LogP contribution is 2.37. The lowest BCUT2D eigenvalue weighted by atomic mass is 10.0. The summed E-state index contributed by atoms with van der Waals surface area (Å²) in [5.74, 6) is -1.39. The van der Waals surface area contributed by atoms with Gasteiger partial charge in [-0.3, -0.25) is 9.78 Å². The van der Waals surface area contributed by atoms with Gasteiger partial charge < -0.3 is 14.4 Å². The number of ether oxygens (including phenoxy) is 2. The van der Waals surface area contributed by atoms with Gasteiger partial charge in [-0.05, 0) is 24.3 Å². The fourth-order valence-corrected chi connectivity index (χ4v) is 2.95. The van der Waals surface area contributed by atoms with Crippen LogP contribution < -0.4 is 14.4 Å². The molecule has 0 spiro atoms. The van der Waals surface area contributed by atoms with Gasteiger partial charge in [-0.2, -0.15) is 13.2 Å². The predicted molar refractivity (Wildman–Crippen MR) is 105 cm³/mol. The zero-order valence-electron chi connectivity index (χ0n) is 16.7. The average Bonchev–Trinajstić information content (AvgIpc) is 2.77. The third-order valence-corrected chi connectivity index (χ3v) is 4.47. The normalized spacial score (nSPS) is 11.2. The van der Waals surface area contributed by atoms with Gasteiger partial charge in [-0.15, -0.1) is 0 Å². The minimum Gasteiger partial charge on any atom is -0.496 e. The number of pyridine rings is 2. The molecule has 0 fully saturated rings. The summed E-state index contributed by atoms with van der Waals surface area (Å²) in [6.45, 7) is 0. The molecule has 10 heteroatoms. The fourth-order valence-electron chi connectivity index (χ4n) is 2.95. The van der Waals surface area contributed by atoms with E-state index < -0.39 is 23.6 Å². The van der Waals surface area contributed by atoms with Crippen LogP contribution in [0.5, 0.6) is 11.6 Å². The summed E-state index contributed by atoms with van der Waals surface area (Å²) in [5, 5.41) is 0. The van der Waals surface area contributed by atoms with E-state index in [-0.39, 0.29) is 22.9 Å². The molecule has 0 atom stereocenters. The molecule has 1 aromatic carbocycles. The van der Waals surface area contributed by atoms with Gasteiger partial charge in [-0.1, -0.05) is 0 Å². The lowest BCUT2D eigenvalue weighted by Gasteiger charge is -2.22. The molecular weight excluding hydrogens is 418 g/mol. The van der Waals surface area contributed by atoms with Crippen LogP contribution in [0.2, 0.25) is 0 Å². The number of hydrogen-bond donors (Lipinski definition) is 0. The van der Waals surface area contributed by atoms with Gasteiger partial charge in [0.15, 0.2) is 0 Å². The third-order valence-electron chi connectivity index (χ3n) is 4.47. The molecule has 0 saturated heterocycles. The molecule has 31 heavy (non-hydrogen) atoms. The second-order valence-corrected chi connectivity index (χ2v) is 6.38. The van der Waals surface area contributed by atoms with Crippen LogP contribution in [0, 0.1) is 5.82 Å². The summed E-state index contributed by atoms with van der Waals surface area (Å²) < 4.78 is 63.2. The summed E-state index contributed by atoms with van der Waals surface area (Å²) >= 11 is 0. The Morgan fingerprint density at radius 2 is 1.77 bits per heavy atom. The van der Waals surface area contributed by atoms with Gasteiger partial charge in [0, 0.05) is 42.1 Å². The molecular formula is C21H17F4N3O3. The van der Waals surface area contributed by atoms with E-state index in [1.54, 1.807) is 6.07 Å². The van der Waals surface area contributed by atoms with Gasteiger partial charge in [0.1, 0.15) is 17.3 Å². The molecule has 0 aliphatic carbocycles. The first-order valence-corrected chi connectivity index (χ1v) is 8.85. The second kappa shape index (κ2) is 8.58. The highest BCUT2D eigenvalue weighted by molar-refractivity contribution is 6.08. The van der Waals surface area contributed by atoms with Crippen molar-refractivity contribution in [3.8, 4) is 22.8 Å². The standard InChI is InChI=1S/C21H17F4N3O3/c1-28(20(29)12-8-18(21(23,24)25)27-19(9-12)31-3)16-11-26-7-6-14(16)15-5-4-13(22)10-17(15)30-2/h4-11H,1-3H3. The molecule has 2 aromatic heterocycles. The minimum atomic E-state index is -4.76. The van der Waals surface area contributed by atoms with Crippen molar-refractivity contribution in [3.63, 3.8) is 0 Å². The van der Waals surface area contributed by atoms with Gasteiger partial charge in [0.2, 0.25) is 5.88 Å². The van der Waals surface area contributed by atoms with E-state index >= 15 is 0 Å².